The molecule has 0 aromatic heterocycles. The van der Waals surface area contributed by atoms with E-state index in [0.29, 0.717) is 15.9 Å². The fourth-order valence-corrected chi connectivity index (χ4v) is 0.386. The second kappa shape index (κ2) is 11.0. The minimum atomic E-state index is -0.238. The Balaban J connectivity index is 0. The summed E-state index contributed by atoms with van der Waals surface area (Å²) in [4.78, 5) is 9.81. The van der Waals surface area contributed by atoms with Gasteiger partial charge in [-0.3, -0.25) is 4.79 Å². The third-order valence-electron chi connectivity index (χ3n) is 0.447. The summed E-state index contributed by atoms with van der Waals surface area (Å²) in [7, 11) is 0.417. The monoisotopic (exact) mass is 166 g/mol. The molecular formula is C6H15ClOSi. The zero-order chi connectivity index (χ0) is 7.70. The van der Waals surface area contributed by atoms with Crippen LogP contribution in [0.4, 0.5) is 0 Å². The van der Waals surface area contributed by atoms with Crippen molar-refractivity contribution in [1.29, 1.82) is 0 Å². The molecule has 0 aliphatic rings. The first-order chi connectivity index (χ1) is 4.18. The van der Waals surface area contributed by atoms with Crippen molar-refractivity contribution in [3.8, 4) is 0 Å². The predicted molar refractivity (Wildman–Crippen MR) is 46.0 cm³/mol. The summed E-state index contributed by atoms with van der Waals surface area (Å²) in [6.45, 7) is 6.44. The lowest BCUT2D eigenvalue weighted by Gasteiger charge is -1.77. The van der Waals surface area contributed by atoms with Crippen LogP contribution in [0.5, 0.6) is 0 Å². The van der Waals surface area contributed by atoms with Gasteiger partial charge in [0.1, 0.15) is 0 Å². The van der Waals surface area contributed by atoms with Gasteiger partial charge in [-0.2, -0.15) is 0 Å². The third kappa shape index (κ3) is 30.9. The topological polar surface area (TPSA) is 17.1 Å². The van der Waals surface area contributed by atoms with Gasteiger partial charge in [0.05, 0.1) is 0 Å². The van der Waals surface area contributed by atoms with Crippen LogP contribution in [-0.2, 0) is 4.79 Å². The van der Waals surface area contributed by atoms with Crippen LogP contribution < -0.4 is 0 Å². The van der Waals surface area contributed by atoms with Gasteiger partial charge in [-0.15, -0.1) is 0 Å². The Labute approximate surface area is 64.6 Å². The average molecular weight is 167 g/mol. The van der Waals surface area contributed by atoms with E-state index < -0.39 is 0 Å². The first-order valence-electron chi connectivity index (χ1n) is 3.37. The summed E-state index contributed by atoms with van der Waals surface area (Å²) in [5.41, 5.74) is 0. The Kier molecular flexibility index (Phi) is 14.6. The summed E-state index contributed by atoms with van der Waals surface area (Å²) >= 11 is 4.94. The van der Waals surface area contributed by atoms with Crippen LogP contribution in [0.1, 0.15) is 19.8 Å². The molecule has 0 aromatic rings. The summed E-state index contributed by atoms with van der Waals surface area (Å²) < 4.78 is 0. The fraction of sp³-hybridized carbons (Fsp3) is 0.833. The molecule has 0 N–H and O–H groups in total. The van der Waals surface area contributed by atoms with Gasteiger partial charge in [0.25, 0.3) is 0 Å². The zero-order valence-corrected chi connectivity index (χ0v) is 8.58. The number of halogens is 1. The maximum absolute atomic E-state index is 9.81. The van der Waals surface area contributed by atoms with Gasteiger partial charge in [-0.25, -0.2) is 0 Å². The lowest BCUT2D eigenvalue weighted by Crippen LogP contribution is -1.79. The minimum Gasteiger partial charge on any atom is -0.281 e. The highest BCUT2D eigenvalue weighted by molar-refractivity contribution is 6.63. The number of hydrogen-bond donors (Lipinski definition) is 0. The van der Waals surface area contributed by atoms with Crippen LogP contribution in [0.2, 0.25) is 13.1 Å². The number of hydrogen-bond acceptors (Lipinski definition) is 1. The van der Waals surface area contributed by atoms with Gasteiger partial charge in [0, 0.05) is 15.9 Å². The summed E-state index contributed by atoms with van der Waals surface area (Å²) in [5, 5.41) is -0.238. The Hall–Kier alpha value is 0.177. The Morgan fingerprint density at radius 1 is 1.56 bits per heavy atom. The van der Waals surface area contributed by atoms with Crippen molar-refractivity contribution in [2.24, 2.45) is 0 Å². The molecule has 0 heterocycles. The molecule has 0 amide bonds. The second-order valence-corrected chi connectivity index (χ2v) is 3.65. The number of carbonyl (C=O) groups excluding carboxylic acids is 1. The highest BCUT2D eigenvalue weighted by atomic mass is 35.5. The SMILES string of the molecule is CCCC(=O)Cl.C[SiH2]C. The van der Waals surface area contributed by atoms with E-state index in [2.05, 4.69) is 13.1 Å². The van der Waals surface area contributed by atoms with Gasteiger partial charge >= 0.3 is 0 Å². The lowest BCUT2D eigenvalue weighted by atomic mass is 10.4. The molecule has 0 radical (unpaired) electrons. The highest BCUT2D eigenvalue weighted by Gasteiger charge is 1.87. The van der Waals surface area contributed by atoms with Gasteiger partial charge in [0.2, 0.25) is 5.24 Å². The van der Waals surface area contributed by atoms with E-state index in [1.54, 1.807) is 0 Å². The van der Waals surface area contributed by atoms with Crippen molar-refractivity contribution >= 4 is 26.4 Å². The summed E-state index contributed by atoms with van der Waals surface area (Å²) in [6, 6.07) is 0. The quantitative estimate of drug-likeness (QED) is 0.452. The number of rotatable bonds is 2. The number of carbonyl (C=O) groups is 1. The fourth-order valence-electron chi connectivity index (χ4n) is 0.197. The van der Waals surface area contributed by atoms with E-state index >= 15 is 0 Å². The molecule has 56 valence electrons. The van der Waals surface area contributed by atoms with Gasteiger partial charge in [-0.05, 0) is 18.0 Å². The molecule has 0 saturated carbocycles. The Morgan fingerprint density at radius 2 is 1.89 bits per heavy atom. The van der Waals surface area contributed by atoms with Crippen LogP contribution >= 0.6 is 11.6 Å². The van der Waals surface area contributed by atoms with Gasteiger partial charge in [0.15, 0.2) is 0 Å². The van der Waals surface area contributed by atoms with Crippen molar-refractivity contribution < 1.29 is 4.79 Å². The van der Waals surface area contributed by atoms with Crippen molar-refractivity contribution in [2.75, 3.05) is 0 Å². The lowest BCUT2D eigenvalue weighted by molar-refractivity contribution is -0.111. The van der Waals surface area contributed by atoms with E-state index in [1.165, 1.54) is 0 Å². The smallest absolute Gasteiger partial charge is 0.221 e. The standard InChI is InChI=1S/C4H7ClO.C2H8Si/c1-2-3-4(5)6;1-3-2/h2-3H2,1H3;3H2,1-2H3. The molecule has 0 rings (SSSR count). The van der Waals surface area contributed by atoms with E-state index in [9.17, 15) is 4.79 Å². The van der Waals surface area contributed by atoms with Crippen molar-refractivity contribution in [3.05, 3.63) is 0 Å². The highest BCUT2D eigenvalue weighted by Crippen LogP contribution is 1.90. The molecule has 3 heteroatoms. The van der Waals surface area contributed by atoms with Gasteiger partial charge in [-0.1, -0.05) is 20.0 Å². The molecule has 0 unspecified atom stereocenters. The second-order valence-electron chi connectivity index (χ2n) is 1.81. The van der Waals surface area contributed by atoms with Crippen LogP contribution in [-0.4, -0.2) is 14.8 Å². The molecule has 0 aliphatic carbocycles. The molecular weight excluding hydrogens is 152 g/mol. The Morgan fingerprint density at radius 3 is 1.89 bits per heavy atom. The summed E-state index contributed by atoms with van der Waals surface area (Å²) in [6.07, 6.45) is 1.35. The van der Waals surface area contributed by atoms with E-state index in [1.807, 2.05) is 6.92 Å². The van der Waals surface area contributed by atoms with Crippen LogP contribution in [0, 0.1) is 0 Å². The third-order valence-corrected chi connectivity index (χ3v) is 0.636. The largest absolute Gasteiger partial charge is 0.281 e. The Bertz CT molecular complexity index is 66.1. The normalized spacial score (nSPS) is 7.56. The van der Waals surface area contributed by atoms with Crippen molar-refractivity contribution in [3.63, 3.8) is 0 Å². The maximum atomic E-state index is 9.81. The molecule has 0 aromatic carbocycles. The molecule has 0 aliphatic heterocycles. The molecule has 0 saturated heterocycles. The molecule has 0 atom stereocenters. The average Bonchev–Trinajstić information content (AvgIpc) is 1.67. The molecule has 1 nitrogen and oxygen atoms in total. The predicted octanol–water partition coefficient (Wildman–Crippen LogP) is 1.80. The van der Waals surface area contributed by atoms with Crippen LogP contribution in [0.3, 0.4) is 0 Å². The van der Waals surface area contributed by atoms with E-state index in [4.69, 9.17) is 11.6 Å². The van der Waals surface area contributed by atoms with E-state index in [0.717, 1.165) is 6.42 Å². The van der Waals surface area contributed by atoms with Crippen LogP contribution in [0.15, 0.2) is 0 Å². The molecule has 0 bridgehead atoms. The van der Waals surface area contributed by atoms with Crippen molar-refractivity contribution in [2.45, 2.75) is 32.9 Å². The first kappa shape index (κ1) is 11.9. The maximum Gasteiger partial charge on any atom is 0.221 e. The zero-order valence-electron chi connectivity index (χ0n) is 6.41. The molecule has 9 heavy (non-hydrogen) atoms. The summed E-state index contributed by atoms with van der Waals surface area (Å²) in [5.74, 6) is 0. The van der Waals surface area contributed by atoms with Gasteiger partial charge < -0.3 is 0 Å². The minimum absolute atomic E-state index is 0.238. The van der Waals surface area contributed by atoms with E-state index in [-0.39, 0.29) is 5.24 Å². The van der Waals surface area contributed by atoms with Crippen molar-refractivity contribution in [1.82, 2.24) is 0 Å². The first-order valence-corrected chi connectivity index (χ1v) is 6.57. The molecule has 0 fully saturated rings. The van der Waals surface area contributed by atoms with Crippen LogP contribution in [0.25, 0.3) is 0 Å². The molecule has 0 spiro atoms.